The molecule has 27 heavy (non-hydrogen) atoms. The van der Waals surface area contributed by atoms with Crippen molar-refractivity contribution in [3.05, 3.63) is 23.8 Å². The van der Waals surface area contributed by atoms with Gasteiger partial charge in [0.15, 0.2) is 0 Å². The van der Waals surface area contributed by atoms with Crippen LogP contribution in [0.1, 0.15) is 18.4 Å². The summed E-state index contributed by atoms with van der Waals surface area (Å²) in [4.78, 5) is 14.9. The summed E-state index contributed by atoms with van der Waals surface area (Å²) in [7, 11) is 2.88. The van der Waals surface area contributed by atoms with Crippen LogP contribution < -0.4 is 20.3 Å². The topological polar surface area (TPSA) is 62.8 Å². The van der Waals surface area contributed by atoms with Gasteiger partial charge >= 0.3 is 6.18 Å². The lowest BCUT2D eigenvalue weighted by Crippen LogP contribution is -2.51. The van der Waals surface area contributed by atoms with Gasteiger partial charge in [0.25, 0.3) is 0 Å². The van der Waals surface area contributed by atoms with Crippen LogP contribution in [0.25, 0.3) is 0 Å². The summed E-state index contributed by atoms with van der Waals surface area (Å²) in [6, 6.07) is 5.40. The largest absolute Gasteiger partial charge is 0.496 e. The minimum absolute atomic E-state index is 0.0131. The number of amides is 1. The summed E-state index contributed by atoms with van der Waals surface area (Å²) in [6.07, 6.45) is -4.07. The first-order valence-corrected chi connectivity index (χ1v) is 8.85. The van der Waals surface area contributed by atoms with Crippen LogP contribution in [-0.2, 0) is 14.9 Å². The molecule has 2 N–H and O–H groups in total. The molecule has 0 aromatic heterocycles. The molecule has 1 spiro atoms. The van der Waals surface area contributed by atoms with E-state index in [9.17, 15) is 18.0 Å². The van der Waals surface area contributed by atoms with E-state index in [1.54, 1.807) is 13.2 Å². The molecule has 1 aromatic rings. The van der Waals surface area contributed by atoms with E-state index >= 15 is 0 Å². The third-order valence-electron chi connectivity index (χ3n) is 5.27. The molecule has 9 heteroatoms. The molecule has 1 atom stereocenters. The van der Waals surface area contributed by atoms with Gasteiger partial charge in [-0.2, -0.15) is 13.2 Å². The second-order valence-electron chi connectivity index (χ2n) is 6.82. The second-order valence-corrected chi connectivity index (χ2v) is 6.82. The monoisotopic (exact) mass is 387 g/mol. The number of benzene rings is 1. The Balaban J connectivity index is 1.92. The number of hydrogen-bond acceptors (Lipinski definition) is 5. The van der Waals surface area contributed by atoms with Crippen LogP contribution in [0.4, 0.5) is 18.9 Å². The summed E-state index contributed by atoms with van der Waals surface area (Å²) in [5.74, 6) is 0.516. The Hall–Kier alpha value is -1.84. The normalized spacial score (nSPS) is 20.0. The average molecular weight is 387 g/mol. The number of methoxy groups -OCH3 is 2. The molecule has 1 aromatic carbocycles. The van der Waals surface area contributed by atoms with E-state index in [0.717, 1.165) is 5.56 Å². The van der Waals surface area contributed by atoms with Crippen LogP contribution in [0.2, 0.25) is 0 Å². The Labute approximate surface area is 156 Å². The van der Waals surface area contributed by atoms with E-state index < -0.39 is 24.4 Å². The molecule has 0 aliphatic carbocycles. The smallest absolute Gasteiger partial charge is 0.401 e. The highest BCUT2D eigenvalue weighted by Crippen LogP contribution is 2.51. The predicted octanol–water partition coefficient (Wildman–Crippen LogP) is 1.79. The molecular weight excluding hydrogens is 363 g/mol. The molecular formula is C18H24F3N3O3. The predicted molar refractivity (Wildman–Crippen MR) is 94.0 cm³/mol. The SMILES string of the molecule is COc1cccc2c1C1(CCNCC1)C(=O)N2CC(NCC(F)(F)F)OC. The first kappa shape index (κ1) is 19.9. The Morgan fingerprint density at radius 1 is 1.30 bits per heavy atom. The van der Waals surface area contributed by atoms with Gasteiger partial charge in [0.1, 0.15) is 12.0 Å². The lowest BCUT2D eigenvalue weighted by atomic mass is 9.73. The molecule has 2 aliphatic heterocycles. The van der Waals surface area contributed by atoms with Crippen LogP contribution in [0.3, 0.4) is 0 Å². The van der Waals surface area contributed by atoms with Crippen LogP contribution in [-0.4, -0.2) is 58.7 Å². The van der Waals surface area contributed by atoms with Crippen molar-refractivity contribution in [1.29, 1.82) is 0 Å². The summed E-state index contributed by atoms with van der Waals surface area (Å²) in [5.41, 5.74) is 0.789. The minimum atomic E-state index is -4.36. The minimum Gasteiger partial charge on any atom is -0.496 e. The van der Waals surface area contributed by atoms with E-state index in [-0.39, 0.29) is 12.5 Å². The summed E-state index contributed by atoms with van der Waals surface area (Å²) in [6.45, 7) is 0.183. The standard InChI is InChI=1S/C18H24F3N3O3/c1-26-13-5-3-4-12-15(13)17(6-8-22-9-7-17)16(25)24(12)10-14(27-2)23-11-18(19,20)21/h3-5,14,22-23H,6-11H2,1-2H3. The average Bonchev–Trinajstić information content (AvgIpc) is 2.87. The van der Waals surface area contributed by atoms with Gasteiger partial charge in [-0.25, -0.2) is 0 Å². The molecule has 6 nitrogen and oxygen atoms in total. The molecule has 1 saturated heterocycles. The van der Waals surface area contributed by atoms with Crippen molar-refractivity contribution >= 4 is 11.6 Å². The number of alkyl halides is 3. The third-order valence-corrected chi connectivity index (χ3v) is 5.27. The van der Waals surface area contributed by atoms with Gasteiger partial charge in [0.05, 0.1) is 31.3 Å². The van der Waals surface area contributed by atoms with Crippen LogP contribution >= 0.6 is 0 Å². The number of nitrogens with zero attached hydrogens (tertiary/aromatic N) is 1. The fourth-order valence-electron chi connectivity index (χ4n) is 3.99. The van der Waals surface area contributed by atoms with Crippen molar-refractivity contribution in [3.63, 3.8) is 0 Å². The Morgan fingerprint density at radius 2 is 2.00 bits per heavy atom. The number of fused-ring (bicyclic) bond motifs is 2. The number of nitrogens with one attached hydrogen (secondary N) is 2. The zero-order chi connectivity index (χ0) is 19.7. The molecule has 2 heterocycles. The zero-order valence-corrected chi connectivity index (χ0v) is 15.4. The van der Waals surface area contributed by atoms with E-state index in [1.807, 2.05) is 12.1 Å². The molecule has 0 radical (unpaired) electrons. The van der Waals surface area contributed by atoms with Crippen molar-refractivity contribution in [2.75, 3.05) is 45.3 Å². The maximum atomic E-state index is 13.4. The summed E-state index contributed by atoms with van der Waals surface area (Å²) in [5, 5.41) is 5.58. The number of anilines is 1. The molecule has 150 valence electrons. The highest BCUT2D eigenvalue weighted by atomic mass is 19.4. The van der Waals surface area contributed by atoms with E-state index in [4.69, 9.17) is 9.47 Å². The quantitative estimate of drug-likeness (QED) is 0.729. The maximum absolute atomic E-state index is 13.4. The highest BCUT2D eigenvalue weighted by Gasteiger charge is 2.53. The van der Waals surface area contributed by atoms with Crippen molar-refractivity contribution in [1.82, 2.24) is 10.6 Å². The van der Waals surface area contributed by atoms with Crippen molar-refractivity contribution in [2.45, 2.75) is 30.7 Å². The Kier molecular flexibility index (Phi) is 5.64. The van der Waals surface area contributed by atoms with Gasteiger partial charge in [-0.1, -0.05) is 6.07 Å². The fraction of sp³-hybridized carbons (Fsp3) is 0.611. The molecule has 1 amide bonds. The van der Waals surface area contributed by atoms with Gasteiger partial charge in [0.2, 0.25) is 5.91 Å². The summed E-state index contributed by atoms with van der Waals surface area (Å²) < 4.78 is 48.3. The molecule has 2 aliphatic rings. The van der Waals surface area contributed by atoms with Gasteiger partial charge in [-0.05, 0) is 38.1 Å². The second kappa shape index (κ2) is 7.65. The Bertz CT molecular complexity index is 690. The van der Waals surface area contributed by atoms with E-state index in [1.165, 1.54) is 12.0 Å². The number of carbonyl (C=O) groups excluding carboxylic acids is 1. The van der Waals surface area contributed by atoms with Gasteiger partial charge < -0.3 is 19.7 Å². The molecule has 0 saturated carbocycles. The molecule has 0 bridgehead atoms. The summed E-state index contributed by atoms with van der Waals surface area (Å²) >= 11 is 0. The number of halogens is 3. The number of piperidine rings is 1. The van der Waals surface area contributed by atoms with Gasteiger partial charge in [-0.15, -0.1) is 0 Å². The molecule has 3 rings (SSSR count). The first-order valence-electron chi connectivity index (χ1n) is 8.85. The zero-order valence-electron chi connectivity index (χ0n) is 15.4. The maximum Gasteiger partial charge on any atom is 0.401 e. The first-order chi connectivity index (χ1) is 12.8. The fourth-order valence-corrected chi connectivity index (χ4v) is 3.99. The van der Waals surface area contributed by atoms with Crippen molar-refractivity contribution in [3.8, 4) is 5.75 Å². The number of rotatable bonds is 6. The van der Waals surface area contributed by atoms with Crippen LogP contribution in [0.5, 0.6) is 5.75 Å². The Morgan fingerprint density at radius 3 is 2.59 bits per heavy atom. The highest BCUT2D eigenvalue weighted by molar-refractivity contribution is 6.09. The molecule has 1 fully saturated rings. The van der Waals surface area contributed by atoms with Crippen LogP contribution in [0.15, 0.2) is 18.2 Å². The number of carbonyl (C=O) groups is 1. The van der Waals surface area contributed by atoms with E-state index in [0.29, 0.717) is 37.4 Å². The lowest BCUT2D eigenvalue weighted by Gasteiger charge is -2.34. The number of hydrogen-bond donors (Lipinski definition) is 2. The van der Waals surface area contributed by atoms with Crippen molar-refractivity contribution in [2.24, 2.45) is 0 Å². The molecule has 1 unspecified atom stereocenters. The lowest BCUT2D eigenvalue weighted by molar-refractivity contribution is -0.132. The third kappa shape index (κ3) is 3.76. The van der Waals surface area contributed by atoms with Crippen LogP contribution in [0, 0.1) is 0 Å². The van der Waals surface area contributed by atoms with Crippen molar-refractivity contribution < 1.29 is 27.4 Å². The number of ether oxygens (including phenoxy) is 2. The van der Waals surface area contributed by atoms with Gasteiger partial charge in [0, 0.05) is 12.7 Å². The van der Waals surface area contributed by atoms with E-state index in [2.05, 4.69) is 10.6 Å². The van der Waals surface area contributed by atoms with Gasteiger partial charge in [-0.3, -0.25) is 10.1 Å².